The van der Waals surface area contributed by atoms with Crippen molar-refractivity contribution in [2.24, 2.45) is 5.92 Å². The number of nitrogens with zero attached hydrogens (tertiary/aromatic N) is 5. The van der Waals surface area contributed by atoms with Crippen molar-refractivity contribution in [2.45, 2.75) is 57.5 Å². The minimum Gasteiger partial charge on any atom is -0.446 e. The molecule has 4 aromatic rings. The minimum atomic E-state index is -0.364. The number of hydrogen-bond acceptors (Lipinski definition) is 9. The van der Waals surface area contributed by atoms with E-state index in [1.807, 2.05) is 12.1 Å². The van der Waals surface area contributed by atoms with Gasteiger partial charge in [0.15, 0.2) is 17.9 Å². The molecule has 2 aliphatic carbocycles. The summed E-state index contributed by atoms with van der Waals surface area (Å²) >= 11 is 0. The number of nitrogens with one attached hydrogen (secondary N) is 2. The summed E-state index contributed by atoms with van der Waals surface area (Å²) in [7, 11) is 2.14. The minimum absolute atomic E-state index is 0.0775. The van der Waals surface area contributed by atoms with E-state index >= 15 is 0 Å². The molecule has 1 aliphatic heterocycles. The molecule has 7 rings (SSSR count). The Bertz CT molecular complexity index is 1710. The van der Waals surface area contributed by atoms with Gasteiger partial charge in [-0.05, 0) is 87.4 Å². The van der Waals surface area contributed by atoms with E-state index in [1.165, 1.54) is 23.8 Å². The first kappa shape index (κ1) is 26.6. The molecule has 4 heterocycles. The third-order valence-corrected chi connectivity index (χ3v) is 8.68. The number of carbonyl (C=O) groups is 1. The number of aromatic nitrogens is 4. The van der Waals surface area contributed by atoms with E-state index in [1.54, 1.807) is 12.3 Å². The first-order valence-corrected chi connectivity index (χ1v) is 14.9. The number of hydrogen-bond donors (Lipinski definition) is 2. The number of allylic oxidation sites excluding steroid dienone is 2. The highest BCUT2D eigenvalue weighted by atomic mass is 16.3. The van der Waals surface area contributed by atoms with E-state index in [0.717, 1.165) is 67.8 Å². The Kier molecular flexibility index (Phi) is 7.07. The van der Waals surface area contributed by atoms with Gasteiger partial charge in [-0.25, -0.2) is 9.97 Å². The molecule has 1 atom stereocenters. The van der Waals surface area contributed by atoms with E-state index < -0.39 is 0 Å². The van der Waals surface area contributed by atoms with Crippen molar-refractivity contribution < 1.29 is 9.21 Å². The molecule has 0 spiro atoms. The van der Waals surface area contributed by atoms with E-state index in [4.69, 9.17) is 9.40 Å². The van der Waals surface area contributed by atoms with Gasteiger partial charge in [-0.2, -0.15) is 4.98 Å². The summed E-state index contributed by atoms with van der Waals surface area (Å²) in [5.74, 6) is 0.768. The predicted octanol–water partition coefficient (Wildman–Crippen LogP) is 4.92. The zero-order valence-electron chi connectivity index (χ0n) is 23.8. The number of pyridine rings is 1. The highest BCUT2D eigenvalue weighted by Crippen LogP contribution is 2.33. The molecule has 0 amide bonds. The molecule has 10 heteroatoms. The third-order valence-electron chi connectivity index (χ3n) is 8.68. The van der Waals surface area contributed by atoms with Crippen LogP contribution in [0.15, 0.2) is 58.2 Å². The van der Waals surface area contributed by atoms with Crippen molar-refractivity contribution in [3.63, 3.8) is 0 Å². The van der Waals surface area contributed by atoms with Crippen LogP contribution in [0.3, 0.4) is 0 Å². The van der Waals surface area contributed by atoms with Gasteiger partial charge in [0.1, 0.15) is 11.3 Å². The third kappa shape index (κ3) is 5.22. The quantitative estimate of drug-likeness (QED) is 0.273. The molecule has 2 N–H and O–H groups in total. The zero-order chi connectivity index (χ0) is 28.6. The monoisotopic (exact) mass is 565 g/mol. The van der Waals surface area contributed by atoms with Crippen LogP contribution in [0.1, 0.15) is 66.8 Å². The normalized spacial score (nSPS) is 18.7. The average Bonchev–Trinajstić information content (AvgIpc) is 3.53. The number of ketones is 1. The molecule has 10 nitrogen and oxygen atoms in total. The number of likely N-dealkylation sites (N-methyl/N-ethyl adjacent to an activating group) is 1. The van der Waals surface area contributed by atoms with Gasteiger partial charge in [0.2, 0.25) is 5.95 Å². The second kappa shape index (κ2) is 11.2. The number of anilines is 3. The molecular formula is C32H35N7O3. The maximum atomic E-state index is 13.8. The summed E-state index contributed by atoms with van der Waals surface area (Å²) in [4.78, 5) is 42.9. The van der Waals surface area contributed by atoms with Crippen LogP contribution in [-0.2, 0) is 6.54 Å². The molecule has 1 saturated heterocycles. The lowest BCUT2D eigenvalue weighted by atomic mass is 10.1. The van der Waals surface area contributed by atoms with E-state index in [2.05, 4.69) is 50.8 Å². The van der Waals surface area contributed by atoms with Crippen LogP contribution < -0.4 is 21.1 Å². The fraction of sp³-hybridized carbons (Fsp3) is 0.406. The molecule has 1 saturated carbocycles. The number of piperidine rings is 1. The van der Waals surface area contributed by atoms with Crippen LogP contribution in [0.2, 0.25) is 0 Å². The standard InChI is InChI=1S/C32H35N7O3/c1-38(25-7-4-14-33-17-25)24-12-10-23(11-13-24)36-32-34-16-22-15-26(29(40)21-8-9-21)31(41)39(30(22)37-32)18-27-28(35-19-42-27)20-5-2-3-6-20/h5,10-13,15-16,19,21,25,33H,2-4,6-9,14,17-18H2,1H3,(H,34,36,37). The Morgan fingerprint density at radius 3 is 2.76 bits per heavy atom. The Balaban J connectivity index is 1.21. The van der Waals surface area contributed by atoms with Gasteiger partial charge in [-0.3, -0.25) is 14.2 Å². The highest BCUT2D eigenvalue weighted by molar-refractivity contribution is 6.01. The van der Waals surface area contributed by atoms with Gasteiger partial charge < -0.3 is 20.0 Å². The number of carbonyl (C=O) groups excluding carboxylic acids is 1. The molecule has 0 radical (unpaired) electrons. The van der Waals surface area contributed by atoms with Gasteiger partial charge in [-0.1, -0.05) is 6.08 Å². The molecule has 2 fully saturated rings. The van der Waals surface area contributed by atoms with E-state index in [9.17, 15) is 9.59 Å². The fourth-order valence-electron chi connectivity index (χ4n) is 6.07. The molecule has 0 bridgehead atoms. The van der Waals surface area contributed by atoms with Crippen LogP contribution in [0.4, 0.5) is 17.3 Å². The van der Waals surface area contributed by atoms with Crippen LogP contribution in [0, 0.1) is 5.92 Å². The Hall–Kier alpha value is -4.31. The molecular weight excluding hydrogens is 530 g/mol. The van der Waals surface area contributed by atoms with Gasteiger partial charge in [0, 0.05) is 48.5 Å². The lowest BCUT2D eigenvalue weighted by Crippen LogP contribution is -2.44. The second-order valence-corrected chi connectivity index (χ2v) is 11.6. The first-order valence-electron chi connectivity index (χ1n) is 14.9. The van der Waals surface area contributed by atoms with Gasteiger partial charge in [0.25, 0.3) is 5.56 Å². The summed E-state index contributed by atoms with van der Waals surface area (Å²) in [6, 6.07) is 10.3. The van der Waals surface area contributed by atoms with Crippen molar-refractivity contribution in [3.8, 4) is 0 Å². The molecule has 3 aromatic heterocycles. The van der Waals surface area contributed by atoms with Crippen LogP contribution in [0.25, 0.3) is 16.6 Å². The molecule has 1 unspecified atom stereocenters. The Morgan fingerprint density at radius 1 is 1.17 bits per heavy atom. The fourth-order valence-corrected chi connectivity index (χ4v) is 6.07. The number of rotatable bonds is 9. The second-order valence-electron chi connectivity index (χ2n) is 11.6. The zero-order valence-corrected chi connectivity index (χ0v) is 23.8. The SMILES string of the molecule is CN(c1ccc(Nc2ncc3cc(C(=O)C4CC4)c(=O)n(Cc4ocnc4C4=CCCC4)c3n2)cc1)C1CCCNC1. The summed E-state index contributed by atoms with van der Waals surface area (Å²) in [5, 5.41) is 7.39. The summed E-state index contributed by atoms with van der Waals surface area (Å²) < 4.78 is 7.32. The molecule has 42 heavy (non-hydrogen) atoms. The largest absolute Gasteiger partial charge is 0.446 e. The van der Waals surface area contributed by atoms with E-state index in [-0.39, 0.29) is 29.4 Å². The van der Waals surface area contributed by atoms with Crippen molar-refractivity contribution in [2.75, 3.05) is 30.4 Å². The van der Waals surface area contributed by atoms with Crippen molar-refractivity contribution in [1.82, 2.24) is 24.8 Å². The van der Waals surface area contributed by atoms with Crippen molar-refractivity contribution >= 4 is 39.7 Å². The first-order chi connectivity index (χ1) is 20.5. The van der Waals surface area contributed by atoms with Crippen molar-refractivity contribution in [1.29, 1.82) is 0 Å². The highest BCUT2D eigenvalue weighted by Gasteiger charge is 2.33. The Morgan fingerprint density at radius 2 is 2.02 bits per heavy atom. The molecule has 1 aromatic carbocycles. The van der Waals surface area contributed by atoms with Gasteiger partial charge >= 0.3 is 0 Å². The van der Waals surface area contributed by atoms with Gasteiger partial charge in [-0.15, -0.1) is 0 Å². The maximum Gasteiger partial charge on any atom is 0.263 e. The lowest BCUT2D eigenvalue weighted by Gasteiger charge is -2.33. The Labute approximate surface area is 243 Å². The maximum absolute atomic E-state index is 13.8. The molecule has 3 aliphatic rings. The number of oxazole rings is 1. The molecule has 216 valence electrons. The summed E-state index contributed by atoms with van der Waals surface area (Å²) in [6.07, 6.45) is 12.3. The van der Waals surface area contributed by atoms with Crippen molar-refractivity contribution in [3.05, 3.63) is 76.4 Å². The summed E-state index contributed by atoms with van der Waals surface area (Å²) in [6.45, 7) is 2.20. The van der Waals surface area contributed by atoms with E-state index in [0.29, 0.717) is 28.8 Å². The average molecular weight is 566 g/mol. The van der Waals surface area contributed by atoms with Crippen LogP contribution in [0.5, 0.6) is 0 Å². The number of benzene rings is 1. The predicted molar refractivity (Wildman–Crippen MR) is 162 cm³/mol. The van der Waals surface area contributed by atoms with Gasteiger partial charge in [0.05, 0.1) is 12.1 Å². The number of fused-ring (bicyclic) bond motifs is 1. The van der Waals surface area contributed by atoms with Crippen LogP contribution >= 0.6 is 0 Å². The topological polar surface area (TPSA) is 118 Å². The van der Waals surface area contributed by atoms with Crippen LogP contribution in [-0.4, -0.2) is 51.5 Å². The smallest absolute Gasteiger partial charge is 0.263 e. The number of Topliss-reactive ketones (excluding diaryl/α,β-unsaturated/α-hetero) is 1. The lowest BCUT2D eigenvalue weighted by molar-refractivity contribution is 0.0965. The summed E-state index contributed by atoms with van der Waals surface area (Å²) in [5.41, 5.74) is 4.15.